The van der Waals surface area contributed by atoms with Crippen LogP contribution in [0.25, 0.3) is 0 Å². The Bertz CT molecular complexity index is 885. The minimum atomic E-state index is -0.599. The van der Waals surface area contributed by atoms with Crippen LogP contribution < -0.4 is 24.8 Å². The molecule has 8 nitrogen and oxygen atoms in total. The van der Waals surface area contributed by atoms with Gasteiger partial charge in [0.2, 0.25) is 5.91 Å². The van der Waals surface area contributed by atoms with Gasteiger partial charge in [0.15, 0.2) is 11.5 Å². The molecule has 1 aliphatic rings. The number of nitrogens with one attached hydrogen (secondary N) is 2. The molecule has 1 aliphatic heterocycles. The van der Waals surface area contributed by atoms with Gasteiger partial charge in [-0.1, -0.05) is 12.1 Å². The molecular formula is C22H27N3O5. The van der Waals surface area contributed by atoms with E-state index in [-0.39, 0.29) is 0 Å². The number of hydrogen-bond donors (Lipinski definition) is 2. The van der Waals surface area contributed by atoms with Gasteiger partial charge in [0.25, 0.3) is 0 Å². The zero-order chi connectivity index (χ0) is 21.5. The number of imide groups is 1. The lowest BCUT2D eigenvalue weighted by Crippen LogP contribution is -2.46. The van der Waals surface area contributed by atoms with Gasteiger partial charge in [0.1, 0.15) is 19.0 Å². The van der Waals surface area contributed by atoms with Crippen molar-refractivity contribution >= 4 is 17.6 Å². The van der Waals surface area contributed by atoms with Crippen molar-refractivity contribution < 1.29 is 23.8 Å². The van der Waals surface area contributed by atoms with Crippen LogP contribution in [-0.4, -0.2) is 49.7 Å². The molecule has 1 unspecified atom stereocenters. The van der Waals surface area contributed by atoms with Crippen LogP contribution in [0.3, 0.4) is 0 Å². The second-order valence-electron chi connectivity index (χ2n) is 6.97. The highest BCUT2D eigenvalue weighted by Crippen LogP contribution is 2.32. The maximum absolute atomic E-state index is 12.5. The molecule has 0 fully saturated rings. The monoisotopic (exact) mass is 413 g/mol. The summed E-state index contributed by atoms with van der Waals surface area (Å²) < 4.78 is 16.4. The average Bonchev–Trinajstić information content (AvgIpc) is 2.74. The molecule has 3 rings (SSSR count). The number of anilines is 1. The summed E-state index contributed by atoms with van der Waals surface area (Å²) in [5, 5.41) is 5.02. The van der Waals surface area contributed by atoms with Gasteiger partial charge < -0.3 is 19.5 Å². The van der Waals surface area contributed by atoms with Gasteiger partial charge in [-0.05, 0) is 50.7 Å². The Balaban J connectivity index is 1.50. The summed E-state index contributed by atoms with van der Waals surface area (Å²) in [4.78, 5) is 26.6. The standard InChI is InChI=1S/C22H27N3O5/c1-4-28-18-8-5-16(6-9-18)14-25(3)15(2)21(26)24-22(27)23-17-7-10-19-20(13-17)30-12-11-29-19/h5-10,13,15H,4,11-12,14H2,1-3H3,(H2,23,24,26,27). The van der Waals surface area contributed by atoms with Crippen LogP contribution in [0, 0.1) is 0 Å². The lowest BCUT2D eigenvalue weighted by atomic mass is 10.2. The molecule has 2 N–H and O–H groups in total. The van der Waals surface area contributed by atoms with Crippen LogP contribution in [0.5, 0.6) is 17.2 Å². The highest BCUT2D eigenvalue weighted by molar-refractivity contribution is 6.02. The van der Waals surface area contributed by atoms with E-state index in [4.69, 9.17) is 14.2 Å². The smallest absolute Gasteiger partial charge is 0.325 e. The summed E-state index contributed by atoms with van der Waals surface area (Å²) >= 11 is 0. The number of urea groups is 1. The molecule has 0 radical (unpaired) electrons. The fourth-order valence-electron chi connectivity index (χ4n) is 2.98. The van der Waals surface area contributed by atoms with Crippen molar-refractivity contribution in [2.75, 3.05) is 32.2 Å². The Kier molecular flexibility index (Phi) is 7.13. The summed E-state index contributed by atoms with van der Waals surface area (Å²) in [5.41, 5.74) is 1.56. The summed E-state index contributed by atoms with van der Waals surface area (Å²) in [6, 6.07) is 11.7. The summed E-state index contributed by atoms with van der Waals surface area (Å²) in [7, 11) is 1.83. The SMILES string of the molecule is CCOc1ccc(CN(C)C(C)C(=O)NC(=O)Nc2ccc3c(c2)OCCO3)cc1. The lowest BCUT2D eigenvalue weighted by molar-refractivity contribution is -0.124. The molecule has 0 aliphatic carbocycles. The molecule has 30 heavy (non-hydrogen) atoms. The largest absolute Gasteiger partial charge is 0.494 e. The van der Waals surface area contributed by atoms with Gasteiger partial charge in [-0.3, -0.25) is 15.0 Å². The van der Waals surface area contributed by atoms with E-state index in [9.17, 15) is 9.59 Å². The van der Waals surface area contributed by atoms with Crippen molar-refractivity contribution in [2.45, 2.75) is 26.4 Å². The Morgan fingerprint density at radius 2 is 1.80 bits per heavy atom. The summed E-state index contributed by atoms with van der Waals surface area (Å²) in [6.07, 6.45) is 0. The molecule has 1 heterocycles. The first-order chi connectivity index (χ1) is 14.5. The van der Waals surface area contributed by atoms with Crippen molar-refractivity contribution in [3.05, 3.63) is 48.0 Å². The van der Waals surface area contributed by atoms with E-state index in [2.05, 4.69) is 10.6 Å². The van der Waals surface area contributed by atoms with E-state index in [1.807, 2.05) is 43.1 Å². The molecule has 2 aromatic carbocycles. The molecule has 0 bridgehead atoms. The van der Waals surface area contributed by atoms with Crippen LogP contribution in [0.4, 0.5) is 10.5 Å². The van der Waals surface area contributed by atoms with E-state index in [1.165, 1.54) is 0 Å². The number of carbonyl (C=O) groups excluding carboxylic acids is 2. The fourth-order valence-corrected chi connectivity index (χ4v) is 2.98. The molecule has 0 saturated carbocycles. The number of fused-ring (bicyclic) bond motifs is 1. The maximum atomic E-state index is 12.5. The quantitative estimate of drug-likeness (QED) is 0.725. The van der Waals surface area contributed by atoms with Crippen molar-refractivity contribution in [1.82, 2.24) is 10.2 Å². The number of rotatable bonds is 7. The highest BCUT2D eigenvalue weighted by Gasteiger charge is 2.21. The Morgan fingerprint density at radius 3 is 2.50 bits per heavy atom. The molecule has 3 amide bonds. The molecule has 0 aromatic heterocycles. The Hall–Kier alpha value is -3.26. The second kappa shape index (κ2) is 9.98. The Morgan fingerprint density at radius 1 is 1.10 bits per heavy atom. The fraction of sp³-hybridized carbons (Fsp3) is 0.364. The second-order valence-corrected chi connectivity index (χ2v) is 6.97. The highest BCUT2D eigenvalue weighted by atomic mass is 16.6. The van der Waals surface area contributed by atoms with E-state index < -0.39 is 18.0 Å². The number of amides is 3. The third-order valence-electron chi connectivity index (χ3n) is 4.74. The molecule has 8 heteroatoms. The topological polar surface area (TPSA) is 89.1 Å². The van der Waals surface area contributed by atoms with Gasteiger partial charge >= 0.3 is 6.03 Å². The van der Waals surface area contributed by atoms with Crippen LogP contribution in [0.15, 0.2) is 42.5 Å². The number of ether oxygens (including phenoxy) is 3. The normalized spacial score (nSPS) is 13.5. The number of likely N-dealkylation sites (N-methyl/N-ethyl adjacent to an activating group) is 1. The number of hydrogen-bond acceptors (Lipinski definition) is 6. The molecule has 0 saturated heterocycles. The molecule has 2 aromatic rings. The number of nitrogens with zero attached hydrogens (tertiary/aromatic N) is 1. The first kappa shape index (κ1) is 21.4. The molecule has 1 atom stereocenters. The number of carbonyl (C=O) groups is 2. The predicted octanol–water partition coefficient (Wildman–Crippen LogP) is 3.03. The third-order valence-corrected chi connectivity index (χ3v) is 4.74. The zero-order valence-corrected chi connectivity index (χ0v) is 17.4. The molecule has 160 valence electrons. The average molecular weight is 413 g/mol. The van der Waals surface area contributed by atoms with Crippen molar-refractivity contribution in [2.24, 2.45) is 0 Å². The van der Waals surface area contributed by atoms with Crippen molar-refractivity contribution in [1.29, 1.82) is 0 Å². The maximum Gasteiger partial charge on any atom is 0.325 e. The van der Waals surface area contributed by atoms with Gasteiger partial charge in [-0.15, -0.1) is 0 Å². The zero-order valence-electron chi connectivity index (χ0n) is 17.4. The predicted molar refractivity (Wildman–Crippen MR) is 113 cm³/mol. The minimum absolute atomic E-state index is 0.390. The Labute approximate surface area is 176 Å². The van der Waals surface area contributed by atoms with Gasteiger partial charge in [0, 0.05) is 18.3 Å². The third kappa shape index (κ3) is 5.64. The van der Waals surface area contributed by atoms with E-state index in [0.29, 0.717) is 43.6 Å². The molecule has 0 spiro atoms. The van der Waals surface area contributed by atoms with Gasteiger partial charge in [-0.25, -0.2) is 4.79 Å². The van der Waals surface area contributed by atoms with Crippen molar-refractivity contribution in [3.63, 3.8) is 0 Å². The first-order valence-corrected chi connectivity index (χ1v) is 9.89. The van der Waals surface area contributed by atoms with Crippen LogP contribution >= 0.6 is 0 Å². The molecular weight excluding hydrogens is 386 g/mol. The van der Waals surface area contributed by atoms with E-state index >= 15 is 0 Å². The van der Waals surface area contributed by atoms with E-state index in [0.717, 1.165) is 11.3 Å². The van der Waals surface area contributed by atoms with Crippen molar-refractivity contribution in [3.8, 4) is 17.2 Å². The summed E-state index contributed by atoms with van der Waals surface area (Å²) in [5.74, 6) is 1.62. The van der Waals surface area contributed by atoms with Crippen LogP contribution in [0.1, 0.15) is 19.4 Å². The lowest BCUT2D eigenvalue weighted by Gasteiger charge is -2.24. The first-order valence-electron chi connectivity index (χ1n) is 9.89. The van der Waals surface area contributed by atoms with E-state index in [1.54, 1.807) is 25.1 Å². The van der Waals surface area contributed by atoms with Crippen LogP contribution in [-0.2, 0) is 11.3 Å². The van der Waals surface area contributed by atoms with Gasteiger partial charge in [-0.2, -0.15) is 0 Å². The van der Waals surface area contributed by atoms with Crippen LogP contribution in [0.2, 0.25) is 0 Å². The summed E-state index contributed by atoms with van der Waals surface area (Å²) in [6.45, 7) is 5.82. The minimum Gasteiger partial charge on any atom is -0.494 e. The van der Waals surface area contributed by atoms with Gasteiger partial charge in [0.05, 0.1) is 12.6 Å². The number of benzene rings is 2.